The van der Waals surface area contributed by atoms with E-state index in [-0.39, 0.29) is 47.9 Å². The molecule has 2 aromatic rings. The second-order valence-corrected chi connectivity index (χ2v) is 9.05. The van der Waals surface area contributed by atoms with E-state index in [2.05, 4.69) is 17.6 Å². The van der Waals surface area contributed by atoms with E-state index in [1.54, 1.807) is 36.4 Å². The van der Waals surface area contributed by atoms with Crippen LogP contribution in [-0.2, 0) is 16.2 Å². The van der Waals surface area contributed by atoms with Gasteiger partial charge in [-0.15, -0.1) is 0 Å². The lowest BCUT2D eigenvalue weighted by Gasteiger charge is -2.37. The predicted octanol–water partition coefficient (Wildman–Crippen LogP) is 3.10. The van der Waals surface area contributed by atoms with Crippen molar-refractivity contribution < 1.29 is 23.5 Å². The Hall–Kier alpha value is -3.48. The molecule has 6 atom stereocenters. The van der Waals surface area contributed by atoms with Crippen LogP contribution in [0.2, 0.25) is 0 Å². The number of hydrogen-bond donors (Lipinski definition) is 1. The second kappa shape index (κ2) is 7.02. The topological polar surface area (TPSA) is 75.7 Å². The fourth-order valence-corrected chi connectivity index (χ4v) is 5.68. The van der Waals surface area contributed by atoms with E-state index in [0.29, 0.717) is 23.1 Å². The van der Waals surface area contributed by atoms with Crippen molar-refractivity contribution in [1.29, 1.82) is 0 Å². The highest BCUT2D eigenvalue weighted by Gasteiger charge is 2.67. The summed E-state index contributed by atoms with van der Waals surface area (Å²) in [4.78, 5) is 38.7. The Bertz CT molecular complexity index is 1110. The third-order valence-corrected chi connectivity index (χ3v) is 7.31. The van der Waals surface area contributed by atoms with Crippen LogP contribution in [0.1, 0.15) is 22.3 Å². The molecule has 0 radical (unpaired) electrons. The van der Waals surface area contributed by atoms with Crippen LogP contribution in [0.5, 0.6) is 5.75 Å². The lowest BCUT2D eigenvalue weighted by Crippen LogP contribution is -2.46. The third kappa shape index (κ3) is 2.95. The molecule has 1 aliphatic heterocycles. The van der Waals surface area contributed by atoms with Gasteiger partial charge in [-0.05, 0) is 72.1 Å². The van der Waals surface area contributed by atoms with Crippen LogP contribution in [-0.4, -0.2) is 22.7 Å². The summed E-state index contributed by atoms with van der Waals surface area (Å²) in [6.45, 7) is 0.262. The van der Waals surface area contributed by atoms with Gasteiger partial charge in [-0.3, -0.25) is 19.8 Å². The third-order valence-electron chi connectivity index (χ3n) is 7.31. The maximum absolute atomic E-state index is 13.0. The molecule has 1 N–H and O–H groups in total. The zero-order chi connectivity index (χ0) is 22.0. The molecule has 32 heavy (non-hydrogen) atoms. The number of imide groups is 1. The SMILES string of the molecule is O=C(NN1C(=O)[C@@H]2[C@H](C1=O)[C@@H]1C=C[C@H]2C2CC21)c1ccc(COc2ccc(F)cc2)cc1. The van der Waals surface area contributed by atoms with Crippen molar-refractivity contribution in [1.82, 2.24) is 10.4 Å². The Kier molecular flexibility index (Phi) is 4.22. The molecule has 2 aromatic carbocycles. The first-order valence-corrected chi connectivity index (χ1v) is 10.9. The number of carbonyl (C=O) groups is 3. The van der Waals surface area contributed by atoms with Crippen molar-refractivity contribution in [2.45, 2.75) is 13.0 Å². The van der Waals surface area contributed by atoms with Gasteiger partial charge in [-0.1, -0.05) is 24.3 Å². The van der Waals surface area contributed by atoms with Crippen molar-refractivity contribution in [2.75, 3.05) is 0 Å². The average Bonchev–Trinajstić information content (AvgIpc) is 3.60. The van der Waals surface area contributed by atoms with E-state index < -0.39 is 5.91 Å². The first-order valence-electron chi connectivity index (χ1n) is 10.9. The zero-order valence-corrected chi connectivity index (χ0v) is 17.1. The van der Waals surface area contributed by atoms with E-state index in [1.165, 1.54) is 12.1 Å². The van der Waals surface area contributed by atoms with Gasteiger partial charge in [-0.2, -0.15) is 5.01 Å². The van der Waals surface area contributed by atoms with Crippen LogP contribution in [0.15, 0.2) is 60.7 Å². The van der Waals surface area contributed by atoms with Crippen LogP contribution >= 0.6 is 0 Å². The highest BCUT2D eigenvalue weighted by Crippen LogP contribution is 2.65. The van der Waals surface area contributed by atoms with Crippen molar-refractivity contribution in [2.24, 2.45) is 35.5 Å². The number of nitrogens with zero attached hydrogens (tertiary/aromatic N) is 1. The number of halogens is 1. The summed E-state index contributed by atoms with van der Waals surface area (Å²) in [5.41, 5.74) is 3.70. The van der Waals surface area contributed by atoms with Gasteiger partial charge >= 0.3 is 0 Å². The van der Waals surface area contributed by atoms with Gasteiger partial charge in [0.05, 0.1) is 11.8 Å². The van der Waals surface area contributed by atoms with Gasteiger partial charge in [0, 0.05) is 5.56 Å². The molecule has 0 spiro atoms. The number of amides is 3. The largest absolute Gasteiger partial charge is 0.489 e. The molecule has 3 fully saturated rings. The standard InChI is InChI=1S/C25H21FN2O4/c26-15-5-7-16(8-6-15)32-12-13-1-3-14(4-2-13)23(29)27-28-24(30)21-17-9-10-18(20-11-19(17)20)22(21)25(28)31/h1-10,17-22H,11-12H2,(H,27,29)/t17-,18+,19?,20?,21-,22+. The van der Waals surface area contributed by atoms with E-state index in [0.717, 1.165) is 17.0 Å². The van der Waals surface area contributed by atoms with Crippen LogP contribution < -0.4 is 10.2 Å². The van der Waals surface area contributed by atoms with Gasteiger partial charge in [0.2, 0.25) is 0 Å². The molecule has 6 nitrogen and oxygen atoms in total. The number of rotatable bonds is 5. The Morgan fingerprint density at radius 2 is 1.53 bits per heavy atom. The molecular formula is C25H21FN2O4. The number of hydrazine groups is 1. The molecular weight excluding hydrogens is 411 g/mol. The molecule has 0 aromatic heterocycles. The molecule has 3 amide bonds. The molecule has 2 bridgehead atoms. The Morgan fingerprint density at radius 3 is 2.12 bits per heavy atom. The first-order chi connectivity index (χ1) is 15.5. The van der Waals surface area contributed by atoms with Gasteiger partial charge in [-0.25, -0.2) is 4.39 Å². The van der Waals surface area contributed by atoms with Crippen LogP contribution in [0.4, 0.5) is 4.39 Å². The summed E-state index contributed by atoms with van der Waals surface area (Å²) in [7, 11) is 0. The first kappa shape index (κ1) is 19.2. The molecule has 162 valence electrons. The molecule has 1 saturated heterocycles. The normalized spacial score (nSPS) is 31.3. The highest BCUT2D eigenvalue weighted by atomic mass is 19.1. The monoisotopic (exact) mass is 432 g/mol. The Morgan fingerprint density at radius 1 is 0.938 bits per heavy atom. The summed E-state index contributed by atoms with van der Waals surface area (Å²) < 4.78 is 18.6. The van der Waals surface area contributed by atoms with E-state index in [1.807, 2.05) is 0 Å². The summed E-state index contributed by atoms with van der Waals surface area (Å²) in [5.74, 6) is -0.273. The fraction of sp³-hybridized carbons (Fsp3) is 0.320. The number of carbonyl (C=O) groups excluding carboxylic acids is 3. The van der Waals surface area contributed by atoms with E-state index >= 15 is 0 Å². The summed E-state index contributed by atoms with van der Waals surface area (Å²) in [6, 6.07) is 12.5. The number of benzene rings is 2. The van der Waals surface area contributed by atoms with Crippen molar-refractivity contribution in [3.8, 4) is 5.75 Å². The van der Waals surface area contributed by atoms with Gasteiger partial charge in [0.15, 0.2) is 0 Å². The maximum atomic E-state index is 13.0. The maximum Gasteiger partial charge on any atom is 0.270 e. The minimum absolute atomic E-state index is 0.119. The molecule has 2 saturated carbocycles. The van der Waals surface area contributed by atoms with E-state index in [9.17, 15) is 18.8 Å². The summed E-state index contributed by atoms with van der Waals surface area (Å²) in [5, 5.41) is 0.945. The summed E-state index contributed by atoms with van der Waals surface area (Å²) >= 11 is 0. The molecule has 5 aliphatic rings. The van der Waals surface area contributed by atoms with Crippen molar-refractivity contribution in [3.05, 3.63) is 77.6 Å². The average molecular weight is 432 g/mol. The lowest BCUT2D eigenvalue weighted by atomic mass is 9.63. The second-order valence-electron chi connectivity index (χ2n) is 9.05. The molecule has 7 rings (SSSR count). The number of hydrogen-bond acceptors (Lipinski definition) is 4. The minimum Gasteiger partial charge on any atom is -0.489 e. The quantitative estimate of drug-likeness (QED) is 0.582. The molecule has 2 unspecified atom stereocenters. The Balaban J connectivity index is 1.11. The summed E-state index contributed by atoms with van der Waals surface area (Å²) in [6.07, 6.45) is 5.30. The van der Waals surface area contributed by atoms with Crippen LogP contribution in [0.3, 0.4) is 0 Å². The molecule has 1 heterocycles. The van der Waals surface area contributed by atoms with Gasteiger partial charge in [0.25, 0.3) is 17.7 Å². The molecule has 4 aliphatic carbocycles. The van der Waals surface area contributed by atoms with E-state index in [4.69, 9.17) is 4.74 Å². The van der Waals surface area contributed by atoms with Crippen LogP contribution in [0.25, 0.3) is 0 Å². The fourth-order valence-electron chi connectivity index (χ4n) is 5.68. The predicted molar refractivity (Wildman–Crippen MR) is 111 cm³/mol. The van der Waals surface area contributed by atoms with Crippen molar-refractivity contribution in [3.63, 3.8) is 0 Å². The number of ether oxygens (including phenoxy) is 1. The smallest absolute Gasteiger partial charge is 0.270 e. The highest BCUT2D eigenvalue weighted by molar-refractivity contribution is 6.08. The number of nitrogens with one attached hydrogen (secondary N) is 1. The number of allylic oxidation sites excluding steroid dienone is 2. The lowest BCUT2D eigenvalue weighted by molar-refractivity contribution is -0.143. The zero-order valence-electron chi connectivity index (χ0n) is 17.1. The Labute approximate surface area is 184 Å². The minimum atomic E-state index is -0.498. The van der Waals surface area contributed by atoms with Crippen LogP contribution in [0, 0.1) is 41.3 Å². The van der Waals surface area contributed by atoms with Crippen molar-refractivity contribution >= 4 is 17.7 Å². The van der Waals surface area contributed by atoms with Gasteiger partial charge in [0.1, 0.15) is 18.2 Å². The van der Waals surface area contributed by atoms with Gasteiger partial charge < -0.3 is 4.74 Å². The molecule has 7 heteroatoms.